The lowest BCUT2D eigenvalue weighted by atomic mass is 10.0. The van der Waals surface area contributed by atoms with Crippen molar-refractivity contribution >= 4 is 51.5 Å². The number of benzene rings is 2. The minimum absolute atomic E-state index is 0.0127. The van der Waals surface area contributed by atoms with Crippen LogP contribution in [0.5, 0.6) is 0 Å². The maximum atomic E-state index is 13.7. The molecule has 3 amide bonds. The molecule has 2 aromatic carbocycles. The SMILES string of the molecule is CC(=O)N1CCc2c(sc(NC(=O)C(Sc3cccc(NC(=O)c4ccco4)c3)c3ccccc3)c2C#N)C1. The topological polar surface area (TPSA) is 115 Å². The minimum atomic E-state index is -0.624. The van der Waals surface area contributed by atoms with Crippen LogP contribution in [-0.4, -0.2) is 29.2 Å². The molecule has 0 saturated carbocycles. The number of furan rings is 1. The maximum Gasteiger partial charge on any atom is 0.291 e. The van der Waals surface area contributed by atoms with Crippen molar-refractivity contribution in [3.8, 4) is 6.07 Å². The largest absolute Gasteiger partial charge is 0.459 e. The number of hydrogen-bond donors (Lipinski definition) is 2. The van der Waals surface area contributed by atoms with Gasteiger partial charge in [-0.3, -0.25) is 14.4 Å². The summed E-state index contributed by atoms with van der Waals surface area (Å²) in [6.45, 7) is 2.52. The lowest BCUT2D eigenvalue weighted by Gasteiger charge is -2.25. The van der Waals surface area contributed by atoms with Crippen molar-refractivity contribution in [1.82, 2.24) is 4.90 Å². The zero-order valence-corrected chi connectivity index (χ0v) is 22.6. The van der Waals surface area contributed by atoms with Gasteiger partial charge in [-0.2, -0.15) is 5.26 Å². The number of fused-ring (bicyclic) bond motifs is 1. The number of thiophene rings is 1. The van der Waals surface area contributed by atoms with Crippen molar-refractivity contribution in [2.24, 2.45) is 0 Å². The standard InChI is InChI=1S/C29H24N4O4S2/c1-18(34)33-13-12-22-23(16-30)29(39-25(22)17-33)32-28(36)26(19-7-3-2-4-8-19)38-21-10-5-9-20(15-21)31-27(35)24-11-6-14-37-24/h2-11,14-15,26H,12-13,17H2,1H3,(H,31,35)(H,32,36). The van der Waals surface area contributed by atoms with Gasteiger partial charge in [0.2, 0.25) is 11.8 Å². The summed E-state index contributed by atoms with van der Waals surface area (Å²) in [5.74, 6) is -0.447. The number of nitrogens with one attached hydrogen (secondary N) is 2. The van der Waals surface area contributed by atoms with Crippen molar-refractivity contribution in [1.29, 1.82) is 5.26 Å². The van der Waals surface area contributed by atoms with E-state index in [4.69, 9.17) is 4.42 Å². The van der Waals surface area contributed by atoms with E-state index in [9.17, 15) is 19.6 Å². The van der Waals surface area contributed by atoms with E-state index >= 15 is 0 Å². The Morgan fingerprint density at radius 1 is 1.08 bits per heavy atom. The molecule has 0 fully saturated rings. The van der Waals surface area contributed by atoms with Crippen LogP contribution in [0.1, 0.15) is 44.3 Å². The van der Waals surface area contributed by atoms with Crippen LogP contribution in [0.25, 0.3) is 0 Å². The van der Waals surface area contributed by atoms with Gasteiger partial charge in [0, 0.05) is 28.9 Å². The summed E-state index contributed by atoms with van der Waals surface area (Å²) in [6, 6.07) is 22.1. The molecule has 1 unspecified atom stereocenters. The molecule has 39 heavy (non-hydrogen) atoms. The Morgan fingerprint density at radius 2 is 1.90 bits per heavy atom. The molecular formula is C29H24N4O4S2. The van der Waals surface area contributed by atoms with Gasteiger partial charge < -0.3 is 20.0 Å². The molecule has 1 aliphatic heterocycles. The molecule has 2 aromatic heterocycles. The van der Waals surface area contributed by atoms with Crippen LogP contribution in [0.15, 0.2) is 82.3 Å². The van der Waals surface area contributed by atoms with Crippen molar-refractivity contribution in [3.05, 3.63) is 100 Å². The van der Waals surface area contributed by atoms with Gasteiger partial charge in [0.1, 0.15) is 16.3 Å². The van der Waals surface area contributed by atoms with Gasteiger partial charge in [0.25, 0.3) is 5.91 Å². The number of nitrogens with zero attached hydrogens (tertiary/aromatic N) is 2. The van der Waals surface area contributed by atoms with E-state index in [2.05, 4.69) is 16.7 Å². The van der Waals surface area contributed by atoms with Gasteiger partial charge in [0.05, 0.1) is 18.4 Å². The molecule has 4 aromatic rings. The first-order valence-corrected chi connectivity index (χ1v) is 13.9. The smallest absolute Gasteiger partial charge is 0.291 e. The molecule has 0 spiro atoms. The maximum absolute atomic E-state index is 13.7. The van der Waals surface area contributed by atoms with Gasteiger partial charge in [-0.15, -0.1) is 23.1 Å². The first-order chi connectivity index (χ1) is 18.9. The molecule has 3 heterocycles. The van der Waals surface area contributed by atoms with Crippen LogP contribution in [-0.2, 0) is 22.6 Å². The number of rotatable bonds is 7. The van der Waals surface area contributed by atoms with Crippen LogP contribution in [0.3, 0.4) is 0 Å². The lowest BCUT2D eigenvalue weighted by molar-refractivity contribution is -0.129. The molecule has 1 aliphatic rings. The summed E-state index contributed by atoms with van der Waals surface area (Å²) in [7, 11) is 0. The Hall–Kier alpha value is -4.33. The monoisotopic (exact) mass is 556 g/mol. The molecule has 0 saturated heterocycles. The molecule has 0 bridgehead atoms. The van der Waals surface area contributed by atoms with E-state index in [-0.39, 0.29) is 23.5 Å². The molecule has 196 valence electrons. The fourth-order valence-corrected chi connectivity index (χ4v) is 6.64. The second-order valence-corrected chi connectivity index (χ2v) is 11.2. The Morgan fingerprint density at radius 3 is 2.62 bits per heavy atom. The first kappa shape index (κ1) is 26.3. The molecule has 8 nitrogen and oxygen atoms in total. The average Bonchev–Trinajstić information content (AvgIpc) is 3.60. The Kier molecular flexibility index (Phi) is 7.81. The first-order valence-electron chi connectivity index (χ1n) is 12.2. The summed E-state index contributed by atoms with van der Waals surface area (Å²) >= 11 is 2.69. The fraction of sp³-hybridized carbons (Fsp3) is 0.172. The van der Waals surface area contributed by atoms with Gasteiger partial charge in [-0.05, 0) is 47.9 Å². The van der Waals surface area contributed by atoms with Crippen LogP contribution in [0, 0.1) is 11.3 Å². The Bertz CT molecular complexity index is 1560. The number of anilines is 2. The second kappa shape index (κ2) is 11.6. The minimum Gasteiger partial charge on any atom is -0.459 e. The highest BCUT2D eigenvalue weighted by Crippen LogP contribution is 2.40. The van der Waals surface area contributed by atoms with E-state index in [0.717, 1.165) is 20.9 Å². The molecule has 0 radical (unpaired) electrons. The molecule has 1 atom stereocenters. The van der Waals surface area contributed by atoms with Gasteiger partial charge in [-0.1, -0.05) is 36.4 Å². The van der Waals surface area contributed by atoms with Crippen molar-refractivity contribution in [2.45, 2.75) is 30.0 Å². The second-order valence-electron chi connectivity index (χ2n) is 8.87. The number of hydrogen-bond acceptors (Lipinski definition) is 7. The van der Waals surface area contributed by atoms with Crippen molar-refractivity contribution in [3.63, 3.8) is 0 Å². The average molecular weight is 557 g/mol. The van der Waals surface area contributed by atoms with Gasteiger partial charge in [-0.25, -0.2) is 0 Å². The van der Waals surface area contributed by atoms with Crippen LogP contribution >= 0.6 is 23.1 Å². The third-order valence-corrected chi connectivity index (χ3v) is 8.66. The van der Waals surface area contributed by atoms with E-state index in [0.29, 0.717) is 35.8 Å². The number of nitriles is 1. The summed E-state index contributed by atoms with van der Waals surface area (Å²) in [5.41, 5.74) is 2.74. The number of thioether (sulfide) groups is 1. The highest BCUT2D eigenvalue weighted by Gasteiger charge is 2.29. The highest BCUT2D eigenvalue weighted by atomic mass is 32.2. The Labute approximate surface area is 233 Å². The summed E-state index contributed by atoms with van der Waals surface area (Å²) in [5, 5.41) is 15.6. The molecular weight excluding hydrogens is 532 g/mol. The third kappa shape index (κ3) is 5.90. The Balaban J connectivity index is 1.38. The normalized spacial score (nSPS) is 13.2. The fourth-order valence-electron chi connectivity index (χ4n) is 4.34. The summed E-state index contributed by atoms with van der Waals surface area (Å²) in [4.78, 5) is 41.4. The van der Waals surface area contributed by atoms with E-state index in [1.807, 2.05) is 42.5 Å². The molecule has 5 rings (SSSR count). The van der Waals surface area contributed by atoms with Gasteiger partial charge in [0.15, 0.2) is 5.76 Å². The lowest BCUT2D eigenvalue weighted by Crippen LogP contribution is -2.33. The summed E-state index contributed by atoms with van der Waals surface area (Å²) in [6.07, 6.45) is 2.02. The van der Waals surface area contributed by atoms with Crippen LogP contribution in [0.2, 0.25) is 0 Å². The molecule has 0 aliphatic carbocycles. The number of carbonyl (C=O) groups is 3. The predicted octanol–water partition coefficient (Wildman–Crippen LogP) is 5.84. The van der Waals surface area contributed by atoms with Crippen LogP contribution < -0.4 is 10.6 Å². The van der Waals surface area contributed by atoms with Gasteiger partial charge >= 0.3 is 0 Å². The zero-order chi connectivity index (χ0) is 27.4. The number of amides is 3. The molecule has 10 heteroatoms. The molecule has 2 N–H and O–H groups in total. The highest BCUT2D eigenvalue weighted by molar-refractivity contribution is 8.00. The van der Waals surface area contributed by atoms with Crippen molar-refractivity contribution < 1.29 is 18.8 Å². The quantitative estimate of drug-likeness (QED) is 0.276. The number of carbonyl (C=O) groups excluding carboxylic acids is 3. The summed E-state index contributed by atoms with van der Waals surface area (Å²) < 4.78 is 5.16. The van der Waals surface area contributed by atoms with Crippen molar-refractivity contribution in [2.75, 3.05) is 17.2 Å². The van der Waals surface area contributed by atoms with E-state index < -0.39 is 5.25 Å². The zero-order valence-electron chi connectivity index (χ0n) is 21.0. The van der Waals surface area contributed by atoms with E-state index in [1.165, 1.54) is 36.3 Å². The van der Waals surface area contributed by atoms with Crippen LogP contribution in [0.4, 0.5) is 10.7 Å². The predicted molar refractivity (Wildman–Crippen MR) is 151 cm³/mol. The third-order valence-electron chi connectivity index (χ3n) is 6.28. The van der Waals surface area contributed by atoms with E-state index in [1.54, 1.807) is 29.2 Å².